The minimum atomic E-state index is -0.149. The van der Waals surface area contributed by atoms with Crippen molar-refractivity contribution in [2.45, 2.75) is 26.9 Å². The lowest BCUT2D eigenvalue weighted by Crippen LogP contribution is -2.27. The van der Waals surface area contributed by atoms with Gasteiger partial charge >= 0.3 is 5.97 Å². The smallest absolute Gasteiger partial charge is 0.309 e. The second-order valence-corrected chi connectivity index (χ2v) is 6.63. The number of cyclic esters (lactones) is 1. The summed E-state index contributed by atoms with van der Waals surface area (Å²) in [6.45, 7) is 5.97. The largest absolute Gasteiger partial charge is 0.457 e. The number of ether oxygens (including phenoxy) is 1. The minimum absolute atomic E-state index is 0.0481. The molecule has 0 radical (unpaired) electrons. The second-order valence-electron chi connectivity index (χ2n) is 3.86. The lowest BCUT2D eigenvalue weighted by Gasteiger charge is -2.24. The molecule has 0 amide bonds. The molecule has 1 rings (SSSR count). The van der Waals surface area contributed by atoms with Crippen molar-refractivity contribution < 1.29 is 9.53 Å². The molecule has 2 nitrogen and oxygen atoms in total. The second kappa shape index (κ2) is 3.73. The van der Waals surface area contributed by atoms with Crippen LogP contribution in [0.25, 0.3) is 0 Å². The van der Waals surface area contributed by atoms with Gasteiger partial charge in [-0.2, -0.15) is 0 Å². The van der Waals surface area contributed by atoms with Crippen molar-refractivity contribution in [2.75, 3.05) is 0 Å². The minimum Gasteiger partial charge on any atom is -0.457 e. The molecule has 4 heteroatoms. The van der Waals surface area contributed by atoms with Crippen LogP contribution in [0.3, 0.4) is 0 Å². The predicted molar refractivity (Wildman–Crippen MR) is 58.8 cm³/mol. The van der Waals surface area contributed by atoms with Gasteiger partial charge in [0.05, 0.1) is 9.31 Å². The number of rotatable bonds is 1. The number of hydrogen-bond donors (Lipinski definition) is 0. The van der Waals surface area contributed by atoms with E-state index in [0.29, 0.717) is 0 Å². The third-order valence-corrected chi connectivity index (χ3v) is 3.25. The normalized spacial score (nSPS) is 31.3. The van der Waals surface area contributed by atoms with Crippen LogP contribution in [0.2, 0.25) is 0 Å². The Hall–Kier alpha value is 0.170. The number of esters is 1. The van der Waals surface area contributed by atoms with Gasteiger partial charge in [0.15, 0.2) is 0 Å². The maximum Gasteiger partial charge on any atom is 0.309 e. The van der Waals surface area contributed by atoms with Crippen LogP contribution in [0.4, 0.5) is 0 Å². The molecule has 0 bridgehead atoms. The van der Waals surface area contributed by atoms with Crippen molar-refractivity contribution in [3.05, 3.63) is 9.47 Å². The molecular formula is C9H12Br2O2. The molecule has 2 unspecified atom stereocenters. The molecule has 0 aliphatic carbocycles. The van der Waals surface area contributed by atoms with Gasteiger partial charge in [-0.1, -0.05) is 20.8 Å². The fraction of sp³-hybridized carbons (Fsp3) is 0.667. The molecule has 0 N–H and O–H groups in total. The van der Waals surface area contributed by atoms with Gasteiger partial charge in [0.1, 0.15) is 6.10 Å². The third kappa shape index (κ3) is 2.15. The molecule has 1 aliphatic heterocycles. The molecule has 1 heterocycles. The van der Waals surface area contributed by atoms with Gasteiger partial charge < -0.3 is 4.74 Å². The fourth-order valence-electron chi connectivity index (χ4n) is 1.29. The van der Waals surface area contributed by atoms with E-state index in [9.17, 15) is 4.79 Å². The van der Waals surface area contributed by atoms with E-state index >= 15 is 0 Å². The molecule has 0 aromatic heterocycles. The highest BCUT2D eigenvalue weighted by Gasteiger charge is 2.47. The van der Waals surface area contributed by atoms with E-state index in [0.717, 1.165) is 3.39 Å². The predicted octanol–water partition coefficient (Wildman–Crippen LogP) is 3.21. The van der Waals surface area contributed by atoms with Crippen LogP contribution in [-0.4, -0.2) is 12.1 Å². The Kier molecular flexibility index (Phi) is 3.23. The van der Waals surface area contributed by atoms with E-state index < -0.39 is 0 Å². The average Bonchev–Trinajstić information content (AvgIpc) is 2.15. The highest BCUT2D eigenvalue weighted by Crippen LogP contribution is 2.41. The summed E-state index contributed by atoms with van der Waals surface area (Å²) in [7, 11) is 0. The highest BCUT2D eigenvalue weighted by atomic mass is 79.9. The van der Waals surface area contributed by atoms with Crippen molar-refractivity contribution in [3.63, 3.8) is 0 Å². The maximum atomic E-state index is 11.3. The van der Waals surface area contributed by atoms with Gasteiger partial charge in [0.2, 0.25) is 0 Å². The fourth-order valence-corrected chi connectivity index (χ4v) is 1.77. The van der Waals surface area contributed by atoms with E-state index in [4.69, 9.17) is 4.74 Å². The topological polar surface area (TPSA) is 26.3 Å². The zero-order chi connectivity index (χ0) is 10.2. The Bertz CT molecular complexity index is 254. The van der Waals surface area contributed by atoms with E-state index in [1.165, 1.54) is 0 Å². The monoisotopic (exact) mass is 310 g/mol. The molecule has 0 saturated carbocycles. The Balaban J connectivity index is 2.91. The van der Waals surface area contributed by atoms with Crippen molar-refractivity contribution in [2.24, 2.45) is 11.3 Å². The van der Waals surface area contributed by atoms with Crippen molar-refractivity contribution in [1.29, 1.82) is 0 Å². The summed E-state index contributed by atoms with van der Waals surface area (Å²) in [6.07, 6.45) is 1.71. The van der Waals surface area contributed by atoms with Gasteiger partial charge in [0.25, 0.3) is 0 Å². The lowest BCUT2D eigenvalue weighted by molar-refractivity contribution is -0.142. The summed E-state index contributed by atoms with van der Waals surface area (Å²) in [6, 6.07) is 0. The summed E-state index contributed by atoms with van der Waals surface area (Å²) in [4.78, 5) is 11.3. The van der Waals surface area contributed by atoms with Gasteiger partial charge in [-0.15, -0.1) is 0 Å². The Morgan fingerprint density at radius 1 is 1.54 bits per heavy atom. The van der Waals surface area contributed by atoms with Crippen molar-refractivity contribution >= 4 is 37.8 Å². The molecular weight excluding hydrogens is 300 g/mol. The van der Waals surface area contributed by atoms with Crippen LogP contribution < -0.4 is 0 Å². The molecule has 1 fully saturated rings. The van der Waals surface area contributed by atoms with E-state index in [1.807, 2.05) is 26.8 Å². The molecule has 0 aromatic carbocycles. The summed E-state index contributed by atoms with van der Waals surface area (Å²) in [5.41, 5.74) is -0.135. The summed E-state index contributed by atoms with van der Waals surface area (Å²) < 4.78 is 6.04. The summed E-state index contributed by atoms with van der Waals surface area (Å²) in [5.74, 6) is -0.166. The molecule has 0 aromatic rings. The molecule has 13 heavy (non-hydrogen) atoms. The van der Waals surface area contributed by atoms with Crippen molar-refractivity contribution in [1.82, 2.24) is 0 Å². The van der Waals surface area contributed by atoms with Gasteiger partial charge in [0, 0.05) is 5.41 Å². The third-order valence-electron chi connectivity index (χ3n) is 2.72. The first kappa shape index (κ1) is 11.2. The highest BCUT2D eigenvalue weighted by molar-refractivity contribution is 9.28. The SMILES string of the molecule is CC1C(=O)OC(C=C(Br)Br)C1(C)C. The van der Waals surface area contributed by atoms with Crippen LogP contribution in [0.15, 0.2) is 9.47 Å². The van der Waals surface area contributed by atoms with Gasteiger partial charge in [-0.05, 0) is 37.9 Å². The number of carbonyl (C=O) groups is 1. The first-order valence-electron chi connectivity index (χ1n) is 4.09. The molecule has 1 saturated heterocycles. The van der Waals surface area contributed by atoms with E-state index in [2.05, 4.69) is 31.9 Å². The van der Waals surface area contributed by atoms with Crippen LogP contribution in [0, 0.1) is 11.3 Å². The van der Waals surface area contributed by atoms with Crippen LogP contribution in [0.1, 0.15) is 20.8 Å². The first-order chi connectivity index (χ1) is 5.85. The maximum absolute atomic E-state index is 11.3. The van der Waals surface area contributed by atoms with Gasteiger partial charge in [-0.3, -0.25) is 4.79 Å². The number of halogens is 2. The zero-order valence-corrected chi connectivity index (χ0v) is 11.0. The quantitative estimate of drug-likeness (QED) is 0.695. The zero-order valence-electron chi connectivity index (χ0n) is 7.80. The molecule has 74 valence electrons. The molecule has 0 spiro atoms. The Labute approximate surface area is 95.0 Å². The van der Waals surface area contributed by atoms with Crippen LogP contribution in [-0.2, 0) is 9.53 Å². The average molecular weight is 312 g/mol. The van der Waals surface area contributed by atoms with Crippen LogP contribution >= 0.6 is 31.9 Å². The molecule has 2 atom stereocenters. The van der Waals surface area contributed by atoms with E-state index in [-0.39, 0.29) is 23.4 Å². The van der Waals surface area contributed by atoms with E-state index in [1.54, 1.807) is 0 Å². The first-order valence-corrected chi connectivity index (χ1v) is 5.67. The Morgan fingerprint density at radius 3 is 2.38 bits per heavy atom. The summed E-state index contributed by atoms with van der Waals surface area (Å²) in [5, 5.41) is 0. The number of carbonyl (C=O) groups excluding carboxylic acids is 1. The van der Waals surface area contributed by atoms with Crippen LogP contribution in [0.5, 0.6) is 0 Å². The summed E-state index contributed by atoms with van der Waals surface area (Å²) >= 11 is 6.52. The van der Waals surface area contributed by atoms with Crippen molar-refractivity contribution in [3.8, 4) is 0 Å². The Morgan fingerprint density at radius 2 is 2.08 bits per heavy atom. The lowest BCUT2D eigenvalue weighted by atomic mass is 9.78. The molecule has 1 aliphatic rings. The number of hydrogen-bond acceptors (Lipinski definition) is 2. The van der Waals surface area contributed by atoms with Gasteiger partial charge in [-0.25, -0.2) is 0 Å². The standard InChI is InChI=1S/C9H12Br2O2/c1-5-8(12)13-6(4-7(10)11)9(5,2)3/h4-6H,1-3H3.